The van der Waals surface area contributed by atoms with E-state index >= 15 is 0 Å². The van der Waals surface area contributed by atoms with E-state index in [2.05, 4.69) is 4.98 Å². The van der Waals surface area contributed by atoms with Crippen LogP contribution in [-0.2, 0) is 16.1 Å². The van der Waals surface area contributed by atoms with Crippen molar-refractivity contribution in [2.24, 2.45) is 0 Å². The number of hydrogen-bond acceptors (Lipinski definition) is 7. The molecule has 0 unspecified atom stereocenters. The Bertz CT molecular complexity index is 1320. The summed E-state index contributed by atoms with van der Waals surface area (Å²) in [5, 5.41) is 11.4. The molecule has 8 heteroatoms. The number of hydrogen-bond donors (Lipinski definition) is 1. The van der Waals surface area contributed by atoms with E-state index in [4.69, 9.17) is 14.2 Å². The van der Waals surface area contributed by atoms with Gasteiger partial charge in [0.1, 0.15) is 24.7 Å². The third-order valence-electron chi connectivity index (χ3n) is 6.10. The van der Waals surface area contributed by atoms with Crippen molar-refractivity contribution in [3.63, 3.8) is 0 Å². The number of Topliss-reactive ketones (excluding diaryl/α,β-unsaturated/α-hetero) is 1. The summed E-state index contributed by atoms with van der Waals surface area (Å²) in [6, 6.07) is 15.0. The quantitative estimate of drug-likeness (QED) is 0.303. The van der Waals surface area contributed by atoms with Crippen LogP contribution in [0.4, 0.5) is 0 Å². The van der Waals surface area contributed by atoms with Crippen LogP contribution in [0.5, 0.6) is 17.2 Å². The lowest BCUT2D eigenvalue weighted by atomic mass is 9.95. The summed E-state index contributed by atoms with van der Waals surface area (Å²) < 4.78 is 17.0. The molecule has 184 valence electrons. The van der Waals surface area contributed by atoms with Gasteiger partial charge in [0.05, 0.1) is 18.2 Å². The van der Waals surface area contributed by atoms with Crippen molar-refractivity contribution in [3.8, 4) is 17.2 Å². The zero-order valence-electron chi connectivity index (χ0n) is 19.8. The molecule has 1 saturated heterocycles. The summed E-state index contributed by atoms with van der Waals surface area (Å²) in [5.41, 5.74) is 1.86. The molecule has 0 radical (unpaired) electrons. The van der Waals surface area contributed by atoms with E-state index in [9.17, 15) is 14.7 Å². The fraction of sp³-hybridized carbons (Fsp3) is 0.250. The van der Waals surface area contributed by atoms with E-state index in [-0.39, 0.29) is 17.9 Å². The number of amides is 1. The zero-order valence-corrected chi connectivity index (χ0v) is 19.8. The smallest absolute Gasteiger partial charge is 0.295 e. The molecular formula is C28H26N2O6. The topological polar surface area (TPSA) is 98.2 Å². The predicted octanol–water partition coefficient (Wildman–Crippen LogP) is 4.26. The van der Waals surface area contributed by atoms with Crippen LogP contribution in [0.1, 0.15) is 36.1 Å². The van der Waals surface area contributed by atoms with E-state index in [0.717, 1.165) is 12.0 Å². The van der Waals surface area contributed by atoms with Crippen molar-refractivity contribution in [2.45, 2.75) is 25.9 Å². The summed E-state index contributed by atoms with van der Waals surface area (Å²) in [7, 11) is 0. The molecule has 1 amide bonds. The molecule has 2 aromatic carbocycles. The lowest BCUT2D eigenvalue weighted by Gasteiger charge is -2.26. The van der Waals surface area contributed by atoms with Crippen molar-refractivity contribution in [1.82, 2.24) is 9.88 Å². The number of carbonyl (C=O) groups excluding carboxylic acids is 2. The Morgan fingerprint density at radius 2 is 1.83 bits per heavy atom. The number of ether oxygens (including phenoxy) is 3. The van der Waals surface area contributed by atoms with Crippen LogP contribution in [0.2, 0.25) is 0 Å². The summed E-state index contributed by atoms with van der Waals surface area (Å²) in [5.74, 6) is -0.0381. The van der Waals surface area contributed by atoms with Crippen molar-refractivity contribution in [1.29, 1.82) is 0 Å². The highest BCUT2D eigenvalue weighted by atomic mass is 16.6. The molecular weight excluding hydrogens is 460 g/mol. The predicted molar refractivity (Wildman–Crippen MR) is 132 cm³/mol. The molecule has 0 spiro atoms. The normalized spacial score (nSPS) is 18.4. The maximum absolute atomic E-state index is 13.3. The highest BCUT2D eigenvalue weighted by Crippen LogP contribution is 2.42. The Morgan fingerprint density at radius 1 is 1.06 bits per heavy atom. The summed E-state index contributed by atoms with van der Waals surface area (Å²) in [6.07, 6.45) is 4.11. The molecule has 0 saturated carbocycles. The third kappa shape index (κ3) is 4.49. The fourth-order valence-electron chi connectivity index (χ4n) is 4.42. The Kier molecular flexibility index (Phi) is 6.58. The zero-order chi connectivity index (χ0) is 25.1. The maximum Gasteiger partial charge on any atom is 0.295 e. The van der Waals surface area contributed by atoms with E-state index in [0.29, 0.717) is 48.2 Å². The number of aromatic nitrogens is 1. The minimum Gasteiger partial charge on any atom is -0.507 e. The van der Waals surface area contributed by atoms with Crippen molar-refractivity contribution >= 4 is 17.4 Å². The molecule has 3 heterocycles. The first kappa shape index (κ1) is 23.4. The standard InChI is InChI=1S/C28H26N2O6/c1-2-12-34-21-5-3-4-19(15-21)25-24(26(31)20-6-7-22-23(16-20)36-14-13-35-22)27(32)28(33)30(25)17-18-8-10-29-11-9-18/h3-11,15-16,25,31H,2,12-14,17H2,1H3/t25-/m1/s1. The first-order chi connectivity index (χ1) is 17.6. The average Bonchev–Trinajstić information content (AvgIpc) is 3.17. The van der Waals surface area contributed by atoms with Gasteiger partial charge in [-0.25, -0.2) is 0 Å². The van der Waals surface area contributed by atoms with Crippen LogP contribution in [0.25, 0.3) is 5.76 Å². The van der Waals surface area contributed by atoms with E-state index in [1.807, 2.05) is 31.2 Å². The van der Waals surface area contributed by atoms with E-state index in [1.54, 1.807) is 42.7 Å². The van der Waals surface area contributed by atoms with Gasteiger partial charge < -0.3 is 24.2 Å². The molecule has 1 N–H and O–H groups in total. The van der Waals surface area contributed by atoms with Crippen LogP contribution in [-0.4, -0.2) is 46.5 Å². The fourth-order valence-corrected chi connectivity index (χ4v) is 4.42. The average molecular weight is 487 g/mol. The van der Waals surface area contributed by atoms with Crippen LogP contribution in [0.15, 0.2) is 72.6 Å². The van der Waals surface area contributed by atoms with Gasteiger partial charge in [-0.1, -0.05) is 19.1 Å². The summed E-state index contributed by atoms with van der Waals surface area (Å²) in [6.45, 7) is 3.56. The number of aliphatic hydroxyl groups excluding tert-OH is 1. The number of pyridine rings is 1. The number of likely N-dealkylation sites (tertiary alicyclic amines) is 1. The van der Waals surface area contributed by atoms with Gasteiger partial charge >= 0.3 is 0 Å². The number of nitrogens with zero attached hydrogens (tertiary/aromatic N) is 2. The summed E-state index contributed by atoms with van der Waals surface area (Å²) in [4.78, 5) is 32.1. The van der Waals surface area contributed by atoms with Crippen molar-refractivity contribution in [2.75, 3.05) is 19.8 Å². The van der Waals surface area contributed by atoms with Gasteiger partial charge in [0.2, 0.25) is 0 Å². The highest BCUT2D eigenvalue weighted by Gasteiger charge is 2.46. The van der Waals surface area contributed by atoms with Gasteiger partial charge in [0.15, 0.2) is 11.5 Å². The number of aliphatic hydroxyl groups is 1. The minimum atomic E-state index is -0.809. The minimum absolute atomic E-state index is 0.0124. The Balaban J connectivity index is 1.62. The molecule has 1 fully saturated rings. The second kappa shape index (κ2) is 10.1. The highest BCUT2D eigenvalue weighted by molar-refractivity contribution is 6.46. The number of fused-ring (bicyclic) bond motifs is 1. The second-order valence-corrected chi connectivity index (χ2v) is 8.56. The Hall–Kier alpha value is -4.33. The molecule has 2 aliphatic heterocycles. The number of benzene rings is 2. The molecule has 0 aliphatic carbocycles. The van der Waals surface area contributed by atoms with Crippen LogP contribution in [0, 0.1) is 0 Å². The number of carbonyl (C=O) groups is 2. The van der Waals surface area contributed by atoms with Crippen LogP contribution < -0.4 is 14.2 Å². The molecule has 2 aliphatic rings. The first-order valence-corrected chi connectivity index (χ1v) is 11.9. The van der Waals surface area contributed by atoms with Gasteiger partial charge in [-0.05, 0) is 60.0 Å². The van der Waals surface area contributed by atoms with E-state index in [1.165, 1.54) is 4.90 Å². The Morgan fingerprint density at radius 3 is 2.61 bits per heavy atom. The number of ketones is 1. The second-order valence-electron chi connectivity index (χ2n) is 8.56. The first-order valence-electron chi connectivity index (χ1n) is 11.9. The largest absolute Gasteiger partial charge is 0.507 e. The number of rotatable bonds is 7. The molecule has 3 aromatic rings. The summed E-state index contributed by atoms with van der Waals surface area (Å²) >= 11 is 0. The van der Waals surface area contributed by atoms with Crippen LogP contribution in [0.3, 0.4) is 0 Å². The SMILES string of the molecule is CCCOc1cccc([C@@H]2C(=C(O)c3ccc4c(c3)OCCO4)C(=O)C(=O)N2Cc2ccncc2)c1. The van der Waals surface area contributed by atoms with Crippen LogP contribution >= 0.6 is 0 Å². The van der Waals surface area contributed by atoms with Gasteiger partial charge in [0, 0.05) is 24.5 Å². The molecule has 36 heavy (non-hydrogen) atoms. The van der Waals surface area contributed by atoms with Gasteiger partial charge in [-0.3, -0.25) is 14.6 Å². The molecule has 5 rings (SSSR count). The van der Waals surface area contributed by atoms with Crippen molar-refractivity contribution in [3.05, 3.63) is 89.3 Å². The molecule has 8 nitrogen and oxygen atoms in total. The van der Waals surface area contributed by atoms with Gasteiger partial charge in [0.25, 0.3) is 11.7 Å². The molecule has 1 aromatic heterocycles. The lowest BCUT2D eigenvalue weighted by Crippen LogP contribution is -2.29. The third-order valence-corrected chi connectivity index (χ3v) is 6.10. The molecule has 1 atom stereocenters. The monoisotopic (exact) mass is 486 g/mol. The van der Waals surface area contributed by atoms with Gasteiger partial charge in [-0.2, -0.15) is 0 Å². The van der Waals surface area contributed by atoms with Crippen molar-refractivity contribution < 1.29 is 28.9 Å². The maximum atomic E-state index is 13.3. The molecule has 0 bridgehead atoms. The Labute approximate surface area is 208 Å². The lowest BCUT2D eigenvalue weighted by molar-refractivity contribution is -0.140. The van der Waals surface area contributed by atoms with Gasteiger partial charge in [-0.15, -0.1) is 0 Å². The van der Waals surface area contributed by atoms with E-state index < -0.39 is 17.7 Å².